The van der Waals surface area contributed by atoms with Gasteiger partial charge in [-0.05, 0) is 47.0 Å². The Balaban J connectivity index is 1.13. The Kier molecular flexibility index (Phi) is 6.43. The van der Waals surface area contributed by atoms with Crippen LogP contribution in [-0.2, 0) is 5.41 Å². The van der Waals surface area contributed by atoms with E-state index in [4.69, 9.17) is 15.0 Å². The van der Waals surface area contributed by atoms with Crippen molar-refractivity contribution in [2.24, 2.45) is 0 Å². The van der Waals surface area contributed by atoms with Crippen LogP contribution in [0.15, 0.2) is 158 Å². The molecule has 0 amide bonds. The minimum absolute atomic E-state index is 0.1000. The van der Waals surface area contributed by atoms with Crippen molar-refractivity contribution >= 4 is 53.3 Å². The fraction of sp³-hybridized carbons (Fsp3) is 0.0625. The molecular weight excluding hydrogens is 665 g/mol. The van der Waals surface area contributed by atoms with Crippen molar-refractivity contribution < 1.29 is 0 Å². The van der Waals surface area contributed by atoms with Crippen LogP contribution < -0.4 is 0 Å². The van der Waals surface area contributed by atoms with E-state index >= 15 is 0 Å². The highest BCUT2D eigenvalue weighted by Gasteiger charge is 2.37. The van der Waals surface area contributed by atoms with Crippen LogP contribution in [0.1, 0.15) is 25.0 Å². The fourth-order valence-electron chi connectivity index (χ4n) is 8.51. The second kappa shape index (κ2) is 11.3. The Morgan fingerprint density at radius 3 is 1.96 bits per heavy atom. The Morgan fingerprint density at radius 2 is 1.11 bits per heavy atom. The van der Waals surface area contributed by atoms with Gasteiger partial charge >= 0.3 is 0 Å². The molecule has 5 heteroatoms. The van der Waals surface area contributed by atoms with E-state index < -0.39 is 0 Å². The lowest BCUT2D eigenvalue weighted by Gasteiger charge is -2.21. The van der Waals surface area contributed by atoms with E-state index in [1.807, 2.05) is 18.2 Å². The van der Waals surface area contributed by atoms with Crippen molar-refractivity contribution in [1.82, 2.24) is 19.5 Å². The molecule has 0 radical (unpaired) electrons. The maximum absolute atomic E-state index is 5.19. The van der Waals surface area contributed by atoms with Crippen molar-refractivity contribution in [2.75, 3.05) is 0 Å². The lowest BCUT2D eigenvalue weighted by molar-refractivity contribution is 0.661. The standard InChI is InChI=1S/C48H32N4S/c1-48(2)38-20-9-6-19-37(38)43-39(48)26-25-36-33-17-7-10-21-40(33)52(44(36)43)32-16-12-15-30(27-32)46-49-45(29-13-4-3-5-14-29)50-47(51-46)31-23-24-35-34-18-8-11-22-41(34)53-42(35)28-31/h3-28H,1-2H3. The van der Waals surface area contributed by atoms with E-state index in [-0.39, 0.29) is 5.41 Å². The number of fused-ring (bicyclic) bond motifs is 10. The van der Waals surface area contributed by atoms with Gasteiger partial charge in [0.1, 0.15) is 0 Å². The summed E-state index contributed by atoms with van der Waals surface area (Å²) in [5.41, 5.74) is 11.6. The zero-order valence-electron chi connectivity index (χ0n) is 29.2. The number of aromatic nitrogens is 4. The summed E-state index contributed by atoms with van der Waals surface area (Å²) in [6, 6.07) is 56.4. The van der Waals surface area contributed by atoms with Crippen LogP contribution in [0.2, 0.25) is 0 Å². The average molecular weight is 697 g/mol. The van der Waals surface area contributed by atoms with Gasteiger partial charge in [0, 0.05) is 64.3 Å². The topological polar surface area (TPSA) is 43.6 Å². The molecule has 11 rings (SSSR count). The van der Waals surface area contributed by atoms with Gasteiger partial charge in [-0.1, -0.05) is 141 Å². The van der Waals surface area contributed by atoms with E-state index in [2.05, 4.69) is 158 Å². The summed E-state index contributed by atoms with van der Waals surface area (Å²) in [6.07, 6.45) is 0. The Bertz CT molecular complexity index is 3100. The third-order valence-corrected chi connectivity index (χ3v) is 12.2. The van der Waals surface area contributed by atoms with Gasteiger partial charge in [-0.2, -0.15) is 0 Å². The largest absolute Gasteiger partial charge is 0.309 e. The van der Waals surface area contributed by atoms with Gasteiger partial charge in [0.15, 0.2) is 17.5 Å². The van der Waals surface area contributed by atoms with Gasteiger partial charge in [0.2, 0.25) is 0 Å². The second-order valence-corrected chi connectivity index (χ2v) is 15.5. The molecule has 3 aromatic heterocycles. The molecule has 3 heterocycles. The van der Waals surface area contributed by atoms with Crippen molar-refractivity contribution in [1.29, 1.82) is 0 Å². The fourth-order valence-corrected chi connectivity index (χ4v) is 9.66. The lowest BCUT2D eigenvalue weighted by Crippen LogP contribution is -2.14. The first-order chi connectivity index (χ1) is 26.0. The summed E-state index contributed by atoms with van der Waals surface area (Å²) < 4.78 is 4.94. The predicted octanol–water partition coefficient (Wildman–Crippen LogP) is 12.6. The highest BCUT2D eigenvalue weighted by Crippen LogP contribution is 2.53. The van der Waals surface area contributed by atoms with Crippen molar-refractivity contribution in [3.8, 4) is 51.0 Å². The Morgan fingerprint density at radius 1 is 0.472 bits per heavy atom. The number of benzene rings is 7. The molecule has 0 N–H and O–H groups in total. The Labute approximate surface area is 310 Å². The van der Waals surface area contributed by atoms with E-state index in [0.717, 1.165) is 22.4 Å². The summed E-state index contributed by atoms with van der Waals surface area (Å²) >= 11 is 1.80. The van der Waals surface area contributed by atoms with Crippen LogP contribution in [0.25, 0.3) is 93.0 Å². The number of hydrogen-bond acceptors (Lipinski definition) is 4. The molecule has 1 aliphatic rings. The summed E-state index contributed by atoms with van der Waals surface area (Å²) in [4.78, 5) is 15.4. The van der Waals surface area contributed by atoms with Gasteiger partial charge in [-0.3, -0.25) is 0 Å². The van der Waals surface area contributed by atoms with Crippen LogP contribution in [0.3, 0.4) is 0 Å². The maximum Gasteiger partial charge on any atom is 0.164 e. The first-order valence-electron chi connectivity index (χ1n) is 18.0. The van der Waals surface area contributed by atoms with Crippen LogP contribution in [0.4, 0.5) is 0 Å². The molecule has 1 aliphatic carbocycles. The van der Waals surface area contributed by atoms with E-state index in [1.54, 1.807) is 11.3 Å². The first-order valence-corrected chi connectivity index (χ1v) is 18.9. The minimum atomic E-state index is -0.1000. The zero-order valence-corrected chi connectivity index (χ0v) is 30.0. The van der Waals surface area contributed by atoms with Crippen molar-refractivity contribution in [3.63, 3.8) is 0 Å². The molecule has 0 aliphatic heterocycles. The minimum Gasteiger partial charge on any atom is -0.309 e. The molecule has 7 aromatic carbocycles. The smallest absolute Gasteiger partial charge is 0.164 e. The van der Waals surface area contributed by atoms with Gasteiger partial charge < -0.3 is 4.57 Å². The van der Waals surface area contributed by atoms with Crippen LogP contribution in [0, 0.1) is 0 Å². The SMILES string of the molecule is CC1(C)c2ccccc2-c2c1ccc1c3ccccc3n(-c3cccc(-c4nc(-c5ccccc5)nc(-c5ccc6c(c5)sc5ccccc56)n4)c3)c21. The molecule has 0 fully saturated rings. The summed E-state index contributed by atoms with van der Waals surface area (Å²) in [6.45, 7) is 4.69. The van der Waals surface area contributed by atoms with Gasteiger partial charge in [-0.25, -0.2) is 15.0 Å². The molecule has 0 saturated heterocycles. The molecule has 0 saturated carbocycles. The summed E-state index contributed by atoms with van der Waals surface area (Å²) in [5, 5.41) is 5.02. The average Bonchev–Trinajstić information content (AvgIpc) is 3.83. The monoisotopic (exact) mass is 696 g/mol. The maximum atomic E-state index is 5.19. The van der Waals surface area contributed by atoms with Gasteiger partial charge in [-0.15, -0.1) is 11.3 Å². The van der Waals surface area contributed by atoms with E-state index in [9.17, 15) is 0 Å². The number of para-hydroxylation sites is 1. The Hall–Kier alpha value is -6.43. The molecular formula is C48H32N4S. The molecule has 250 valence electrons. The molecule has 0 atom stereocenters. The summed E-state index contributed by atoms with van der Waals surface area (Å²) in [7, 11) is 0. The van der Waals surface area contributed by atoms with Crippen LogP contribution >= 0.6 is 11.3 Å². The van der Waals surface area contributed by atoms with Gasteiger partial charge in [0.25, 0.3) is 0 Å². The van der Waals surface area contributed by atoms with Crippen LogP contribution in [-0.4, -0.2) is 19.5 Å². The molecule has 10 aromatic rings. The van der Waals surface area contributed by atoms with Crippen molar-refractivity contribution in [3.05, 3.63) is 169 Å². The van der Waals surface area contributed by atoms with Gasteiger partial charge in [0.05, 0.1) is 11.0 Å². The number of rotatable bonds is 4. The third kappa shape index (κ3) is 4.51. The number of hydrogen-bond donors (Lipinski definition) is 0. The number of nitrogens with zero attached hydrogens (tertiary/aromatic N) is 4. The zero-order chi connectivity index (χ0) is 35.3. The molecule has 0 bridgehead atoms. The van der Waals surface area contributed by atoms with E-state index in [0.29, 0.717) is 17.5 Å². The second-order valence-electron chi connectivity index (χ2n) is 14.4. The van der Waals surface area contributed by atoms with E-state index in [1.165, 1.54) is 64.2 Å². The quantitative estimate of drug-likeness (QED) is 0.184. The predicted molar refractivity (Wildman–Crippen MR) is 221 cm³/mol. The molecule has 53 heavy (non-hydrogen) atoms. The number of thiophene rings is 1. The highest BCUT2D eigenvalue weighted by molar-refractivity contribution is 7.25. The normalized spacial score (nSPS) is 13.2. The molecule has 4 nitrogen and oxygen atoms in total. The molecule has 0 spiro atoms. The highest BCUT2D eigenvalue weighted by atomic mass is 32.1. The third-order valence-electron chi connectivity index (χ3n) is 11.0. The molecule has 0 unspecified atom stereocenters. The first kappa shape index (κ1) is 30.2. The van der Waals surface area contributed by atoms with Crippen molar-refractivity contribution in [2.45, 2.75) is 19.3 Å². The summed E-state index contributed by atoms with van der Waals surface area (Å²) in [5.74, 6) is 1.96. The van der Waals surface area contributed by atoms with Crippen LogP contribution in [0.5, 0.6) is 0 Å². The lowest BCUT2D eigenvalue weighted by atomic mass is 9.82.